The molecule has 0 unspecified atom stereocenters. The third kappa shape index (κ3) is 5.58. The molecular weight excluding hydrogens is 479 g/mol. The van der Waals surface area contributed by atoms with Gasteiger partial charge < -0.3 is 14.5 Å². The van der Waals surface area contributed by atoms with Gasteiger partial charge in [0.1, 0.15) is 12.2 Å². The molecule has 0 bridgehead atoms. The normalized spacial score (nSPS) is 18.5. The predicted molar refractivity (Wildman–Crippen MR) is 133 cm³/mol. The van der Waals surface area contributed by atoms with Crippen LogP contribution < -0.4 is 5.43 Å². The molecule has 0 saturated carbocycles. The SMILES string of the molecule is CCOC(=O)/C(Cl)=N/Nc1ccc(Cl)cc1C(=O)N1[C@H](/C=C/c2ccccc2)N(C)C(=O)[C@@H]1C. The number of nitrogens with one attached hydrogen (secondary N) is 1. The summed E-state index contributed by atoms with van der Waals surface area (Å²) in [5.41, 5.74) is 3.99. The molecule has 34 heavy (non-hydrogen) atoms. The zero-order valence-electron chi connectivity index (χ0n) is 18.9. The molecule has 1 aliphatic rings. The zero-order valence-corrected chi connectivity index (χ0v) is 20.4. The van der Waals surface area contributed by atoms with Gasteiger partial charge in [-0.25, -0.2) is 4.79 Å². The Hall–Kier alpha value is -3.36. The highest BCUT2D eigenvalue weighted by molar-refractivity contribution is 6.82. The Morgan fingerprint density at radius 2 is 1.91 bits per heavy atom. The fourth-order valence-corrected chi connectivity index (χ4v) is 3.78. The molecule has 1 heterocycles. The first kappa shape index (κ1) is 25.3. The van der Waals surface area contributed by atoms with Crippen molar-refractivity contribution in [1.82, 2.24) is 9.80 Å². The Morgan fingerprint density at radius 1 is 1.21 bits per heavy atom. The van der Waals surface area contributed by atoms with E-state index in [1.165, 1.54) is 21.9 Å². The van der Waals surface area contributed by atoms with E-state index < -0.39 is 29.3 Å². The number of ether oxygens (including phenoxy) is 1. The van der Waals surface area contributed by atoms with Crippen LogP contribution in [0.1, 0.15) is 29.8 Å². The van der Waals surface area contributed by atoms with Gasteiger partial charge in [0.2, 0.25) is 11.1 Å². The molecule has 1 N–H and O–H groups in total. The zero-order chi connectivity index (χ0) is 24.8. The molecule has 178 valence electrons. The van der Waals surface area contributed by atoms with Crippen molar-refractivity contribution in [1.29, 1.82) is 0 Å². The second kappa shape index (κ2) is 11.2. The lowest BCUT2D eigenvalue weighted by atomic mass is 10.1. The van der Waals surface area contributed by atoms with Crippen molar-refractivity contribution in [3.8, 4) is 0 Å². The van der Waals surface area contributed by atoms with Crippen LogP contribution in [0.2, 0.25) is 5.02 Å². The van der Waals surface area contributed by atoms with E-state index in [2.05, 4.69) is 10.5 Å². The van der Waals surface area contributed by atoms with Crippen LogP contribution in [0.15, 0.2) is 59.7 Å². The van der Waals surface area contributed by atoms with E-state index in [1.54, 1.807) is 33.0 Å². The molecule has 1 fully saturated rings. The number of carbonyl (C=O) groups is 3. The maximum atomic E-state index is 13.7. The third-order valence-corrected chi connectivity index (χ3v) is 5.70. The summed E-state index contributed by atoms with van der Waals surface area (Å²) in [6.45, 7) is 3.45. The molecule has 1 aliphatic heterocycles. The maximum Gasteiger partial charge on any atom is 0.370 e. The number of halogens is 2. The van der Waals surface area contributed by atoms with Gasteiger partial charge in [-0.2, -0.15) is 5.10 Å². The summed E-state index contributed by atoms with van der Waals surface area (Å²) in [4.78, 5) is 41.1. The van der Waals surface area contributed by atoms with Crippen molar-refractivity contribution in [2.24, 2.45) is 5.10 Å². The number of amides is 2. The van der Waals surface area contributed by atoms with Gasteiger partial charge in [0.05, 0.1) is 17.9 Å². The number of hydrazone groups is 1. The first-order valence-corrected chi connectivity index (χ1v) is 11.3. The van der Waals surface area contributed by atoms with Crippen molar-refractivity contribution in [2.75, 3.05) is 19.1 Å². The molecule has 0 aliphatic carbocycles. The van der Waals surface area contributed by atoms with Crippen molar-refractivity contribution >= 4 is 57.9 Å². The summed E-state index contributed by atoms with van der Waals surface area (Å²) in [5, 5.41) is 3.70. The number of rotatable bonds is 7. The fraction of sp³-hybridized carbons (Fsp3) is 0.250. The number of likely N-dealkylation sites (N-methyl/N-ethyl adjacent to an activating group) is 1. The standard InChI is InChI=1S/C24H24Cl2N4O4/c1-4-34-24(33)21(26)28-27-19-12-11-17(25)14-18(19)23(32)30-15(2)22(31)29(3)20(30)13-10-16-8-6-5-7-9-16/h5-15,20,27H,4H2,1-3H3/b13-10+,28-21-/t15-,20+/m0/s1. The van der Waals surface area contributed by atoms with Crippen molar-refractivity contribution in [2.45, 2.75) is 26.1 Å². The number of benzene rings is 2. The van der Waals surface area contributed by atoms with Crippen LogP contribution in [0.5, 0.6) is 0 Å². The summed E-state index contributed by atoms with van der Waals surface area (Å²) in [6.07, 6.45) is 3.03. The van der Waals surface area contributed by atoms with Crippen LogP contribution in [0.3, 0.4) is 0 Å². The Balaban J connectivity index is 1.94. The lowest BCUT2D eigenvalue weighted by Crippen LogP contribution is -2.42. The van der Waals surface area contributed by atoms with E-state index in [4.69, 9.17) is 27.9 Å². The molecule has 0 radical (unpaired) electrons. The summed E-state index contributed by atoms with van der Waals surface area (Å²) in [7, 11) is 1.65. The molecule has 0 aromatic heterocycles. The van der Waals surface area contributed by atoms with Crippen molar-refractivity contribution < 1.29 is 19.1 Å². The van der Waals surface area contributed by atoms with Gasteiger partial charge in [-0.05, 0) is 43.7 Å². The van der Waals surface area contributed by atoms with Gasteiger partial charge in [0, 0.05) is 12.1 Å². The highest BCUT2D eigenvalue weighted by Crippen LogP contribution is 2.29. The molecule has 2 amide bonds. The van der Waals surface area contributed by atoms with Gasteiger partial charge in [0.25, 0.3) is 5.91 Å². The fourth-order valence-electron chi connectivity index (χ4n) is 3.51. The third-order valence-electron chi connectivity index (χ3n) is 5.23. The molecule has 2 aromatic rings. The highest BCUT2D eigenvalue weighted by Gasteiger charge is 2.43. The lowest BCUT2D eigenvalue weighted by Gasteiger charge is -2.27. The number of carbonyl (C=O) groups excluding carboxylic acids is 3. The minimum atomic E-state index is -0.801. The largest absolute Gasteiger partial charge is 0.461 e. The molecule has 2 atom stereocenters. The highest BCUT2D eigenvalue weighted by atomic mass is 35.5. The van der Waals surface area contributed by atoms with E-state index in [1.807, 2.05) is 36.4 Å². The van der Waals surface area contributed by atoms with Crippen molar-refractivity contribution in [3.63, 3.8) is 0 Å². The number of anilines is 1. The molecule has 3 rings (SSSR count). The van der Waals surface area contributed by atoms with E-state index in [0.717, 1.165) is 5.56 Å². The molecule has 0 spiro atoms. The first-order chi connectivity index (χ1) is 16.2. The van der Waals surface area contributed by atoms with Gasteiger partial charge >= 0.3 is 5.97 Å². The van der Waals surface area contributed by atoms with Crippen LogP contribution in [0, 0.1) is 0 Å². The monoisotopic (exact) mass is 502 g/mol. The topological polar surface area (TPSA) is 91.3 Å². The summed E-state index contributed by atoms with van der Waals surface area (Å²) in [5.74, 6) is -1.44. The van der Waals surface area contributed by atoms with Gasteiger partial charge in [-0.3, -0.25) is 15.0 Å². The van der Waals surface area contributed by atoms with Gasteiger partial charge in [0.15, 0.2) is 0 Å². The molecule has 10 heteroatoms. The van der Waals surface area contributed by atoms with E-state index >= 15 is 0 Å². The second-order valence-corrected chi connectivity index (χ2v) is 8.24. The predicted octanol–water partition coefficient (Wildman–Crippen LogP) is 4.21. The second-order valence-electron chi connectivity index (χ2n) is 7.45. The van der Waals surface area contributed by atoms with Gasteiger partial charge in [-0.1, -0.05) is 59.6 Å². The molecule has 8 nitrogen and oxygen atoms in total. The van der Waals surface area contributed by atoms with E-state index in [-0.39, 0.29) is 23.8 Å². The summed E-state index contributed by atoms with van der Waals surface area (Å²) in [6, 6.07) is 13.4. The van der Waals surface area contributed by atoms with Gasteiger partial charge in [-0.15, -0.1) is 0 Å². The molecule has 2 aromatic carbocycles. The number of hydrogen-bond donors (Lipinski definition) is 1. The van der Waals surface area contributed by atoms with Crippen molar-refractivity contribution in [3.05, 3.63) is 70.8 Å². The number of hydrogen-bond acceptors (Lipinski definition) is 6. The Labute approximate surface area is 207 Å². The van der Waals surface area contributed by atoms with Crippen LogP contribution in [-0.4, -0.2) is 58.6 Å². The van der Waals surface area contributed by atoms with Crippen LogP contribution in [0.4, 0.5) is 5.69 Å². The minimum absolute atomic E-state index is 0.140. The number of esters is 1. The quantitative estimate of drug-likeness (QED) is 0.347. The average Bonchev–Trinajstić information content (AvgIpc) is 3.05. The van der Waals surface area contributed by atoms with Crippen LogP contribution in [0.25, 0.3) is 6.08 Å². The number of nitrogens with zero attached hydrogens (tertiary/aromatic N) is 3. The molecular formula is C24H24Cl2N4O4. The Kier molecular flexibility index (Phi) is 8.31. The minimum Gasteiger partial charge on any atom is -0.461 e. The summed E-state index contributed by atoms with van der Waals surface area (Å²) >= 11 is 12.0. The summed E-state index contributed by atoms with van der Waals surface area (Å²) < 4.78 is 4.80. The van der Waals surface area contributed by atoms with E-state index in [0.29, 0.717) is 5.02 Å². The van der Waals surface area contributed by atoms with Crippen LogP contribution >= 0.6 is 23.2 Å². The van der Waals surface area contributed by atoms with Crippen LogP contribution in [-0.2, 0) is 14.3 Å². The maximum absolute atomic E-state index is 13.7. The lowest BCUT2D eigenvalue weighted by molar-refractivity contribution is -0.134. The van der Waals surface area contributed by atoms with E-state index in [9.17, 15) is 14.4 Å². The average molecular weight is 503 g/mol. The molecule has 1 saturated heterocycles. The first-order valence-electron chi connectivity index (χ1n) is 10.5. The Bertz CT molecular complexity index is 1140. The smallest absolute Gasteiger partial charge is 0.370 e. The Morgan fingerprint density at radius 3 is 2.59 bits per heavy atom.